The molecule has 0 aliphatic rings. The van der Waals surface area contributed by atoms with Crippen LogP contribution in [0.15, 0.2) is 12.5 Å². The summed E-state index contributed by atoms with van der Waals surface area (Å²) in [5.41, 5.74) is 0.762. The fraction of sp³-hybridized carbons (Fsp3) is 0. The smallest absolute Gasteiger partial charge is 0.186 e. The molecule has 0 aliphatic heterocycles. The third kappa shape index (κ3) is 0.853. The molecule has 5 heteroatoms. The molecule has 2 heterocycles. The molecule has 0 fully saturated rings. The number of nitrogens with zero attached hydrogens (tertiary/aromatic N) is 3. The van der Waals surface area contributed by atoms with Crippen molar-refractivity contribution in [2.75, 3.05) is 0 Å². The first-order valence-electron chi connectivity index (χ1n) is 2.58. The third-order valence-electron chi connectivity index (χ3n) is 1.05. The standard InChI is InChI=1S/C5H2ClN3S/c6-5-9-3-1-7-2-8-4(3)10-5/h1-2H. The first-order valence-corrected chi connectivity index (χ1v) is 3.78. The van der Waals surface area contributed by atoms with Gasteiger partial charge in [-0.25, -0.2) is 15.0 Å². The Labute approximate surface area is 65.7 Å². The van der Waals surface area contributed by atoms with Crippen LogP contribution in [0.3, 0.4) is 0 Å². The van der Waals surface area contributed by atoms with Gasteiger partial charge in [-0.1, -0.05) is 22.9 Å². The summed E-state index contributed by atoms with van der Waals surface area (Å²) in [6.07, 6.45) is 3.13. The van der Waals surface area contributed by atoms with Crippen LogP contribution in [0.4, 0.5) is 0 Å². The highest BCUT2D eigenvalue weighted by molar-refractivity contribution is 7.21. The normalized spacial score (nSPS) is 10.5. The lowest BCUT2D eigenvalue weighted by Gasteiger charge is -1.79. The number of aromatic nitrogens is 3. The average molecular weight is 172 g/mol. The van der Waals surface area contributed by atoms with E-state index >= 15 is 0 Å². The number of rotatable bonds is 0. The quantitative estimate of drug-likeness (QED) is 0.606. The second kappa shape index (κ2) is 2.14. The van der Waals surface area contributed by atoms with Crippen molar-refractivity contribution in [1.82, 2.24) is 15.0 Å². The largest absolute Gasteiger partial charge is 0.242 e. The average Bonchev–Trinajstić information content (AvgIpc) is 2.27. The van der Waals surface area contributed by atoms with E-state index in [1.807, 2.05) is 0 Å². The van der Waals surface area contributed by atoms with Crippen LogP contribution in [0.5, 0.6) is 0 Å². The Morgan fingerprint density at radius 1 is 1.50 bits per heavy atom. The van der Waals surface area contributed by atoms with Crippen molar-refractivity contribution in [1.29, 1.82) is 0 Å². The molecular formula is C5H2ClN3S. The van der Waals surface area contributed by atoms with Crippen molar-refractivity contribution in [2.24, 2.45) is 0 Å². The predicted octanol–water partition coefficient (Wildman–Crippen LogP) is 1.74. The summed E-state index contributed by atoms with van der Waals surface area (Å²) in [5.74, 6) is 0. The lowest BCUT2D eigenvalue weighted by molar-refractivity contribution is 1.22. The van der Waals surface area contributed by atoms with Gasteiger partial charge in [-0.15, -0.1) is 0 Å². The molecule has 0 radical (unpaired) electrons. The van der Waals surface area contributed by atoms with Gasteiger partial charge in [0.25, 0.3) is 0 Å². The summed E-state index contributed by atoms with van der Waals surface area (Å²) >= 11 is 6.98. The Morgan fingerprint density at radius 2 is 2.40 bits per heavy atom. The molecule has 0 atom stereocenters. The fourth-order valence-electron chi connectivity index (χ4n) is 0.664. The number of thiazole rings is 1. The van der Waals surface area contributed by atoms with E-state index in [1.54, 1.807) is 6.20 Å². The van der Waals surface area contributed by atoms with Crippen molar-refractivity contribution in [3.8, 4) is 0 Å². The molecule has 0 bridgehead atoms. The van der Waals surface area contributed by atoms with E-state index in [9.17, 15) is 0 Å². The van der Waals surface area contributed by atoms with Gasteiger partial charge in [0.15, 0.2) is 4.47 Å². The van der Waals surface area contributed by atoms with Gasteiger partial charge in [0.1, 0.15) is 16.7 Å². The molecule has 0 aromatic carbocycles. The summed E-state index contributed by atoms with van der Waals surface area (Å²) in [4.78, 5) is 12.6. The van der Waals surface area contributed by atoms with Crippen LogP contribution in [0.2, 0.25) is 4.47 Å². The van der Waals surface area contributed by atoms with Gasteiger partial charge in [0.05, 0.1) is 6.20 Å². The monoisotopic (exact) mass is 171 g/mol. The first kappa shape index (κ1) is 6.00. The molecule has 50 valence electrons. The van der Waals surface area contributed by atoms with Crippen LogP contribution in [0.25, 0.3) is 10.3 Å². The molecule has 2 aromatic rings. The molecule has 0 saturated carbocycles. The Balaban J connectivity index is 2.88. The SMILES string of the molecule is Clc1nc2cncnc2s1. The molecule has 0 unspecified atom stereocenters. The van der Waals surface area contributed by atoms with Crippen molar-refractivity contribution in [3.05, 3.63) is 17.0 Å². The van der Waals surface area contributed by atoms with E-state index in [0.29, 0.717) is 4.47 Å². The van der Waals surface area contributed by atoms with Gasteiger partial charge in [0.2, 0.25) is 0 Å². The minimum atomic E-state index is 0.510. The van der Waals surface area contributed by atoms with E-state index in [1.165, 1.54) is 17.7 Å². The van der Waals surface area contributed by atoms with Crippen molar-refractivity contribution in [2.45, 2.75) is 0 Å². The maximum atomic E-state index is 5.62. The van der Waals surface area contributed by atoms with Gasteiger partial charge < -0.3 is 0 Å². The summed E-state index contributed by atoms with van der Waals surface area (Å²) in [7, 11) is 0. The molecule has 2 aromatic heterocycles. The van der Waals surface area contributed by atoms with Crippen LogP contribution >= 0.6 is 22.9 Å². The van der Waals surface area contributed by atoms with Crippen molar-refractivity contribution >= 4 is 33.3 Å². The first-order chi connectivity index (χ1) is 4.86. The molecule has 3 nitrogen and oxygen atoms in total. The summed E-state index contributed by atoms with van der Waals surface area (Å²) in [6.45, 7) is 0. The zero-order chi connectivity index (χ0) is 6.97. The zero-order valence-electron chi connectivity index (χ0n) is 4.78. The molecule has 0 spiro atoms. The number of halogens is 1. The van der Waals surface area contributed by atoms with Crippen LogP contribution in [0, 0.1) is 0 Å². The third-order valence-corrected chi connectivity index (χ3v) is 2.13. The zero-order valence-corrected chi connectivity index (χ0v) is 6.35. The Morgan fingerprint density at radius 3 is 3.20 bits per heavy atom. The van der Waals surface area contributed by atoms with Crippen LogP contribution in [-0.4, -0.2) is 15.0 Å². The summed E-state index contributed by atoms with van der Waals surface area (Å²) in [6, 6.07) is 0. The second-order valence-corrected chi connectivity index (χ2v) is 3.24. The highest BCUT2D eigenvalue weighted by atomic mass is 35.5. The van der Waals surface area contributed by atoms with Gasteiger partial charge in [-0.05, 0) is 0 Å². The maximum absolute atomic E-state index is 5.62. The van der Waals surface area contributed by atoms with E-state index in [0.717, 1.165) is 10.3 Å². The molecule has 0 amide bonds. The highest BCUT2D eigenvalue weighted by Gasteiger charge is 1.99. The van der Waals surface area contributed by atoms with E-state index in [4.69, 9.17) is 11.6 Å². The molecule has 0 N–H and O–H groups in total. The Bertz CT molecular complexity index is 325. The molecule has 10 heavy (non-hydrogen) atoms. The minimum Gasteiger partial charge on any atom is -0.242 e. The van der Waals surface area contributed by atoms with E-state index in [2.05, 4.69) is 15.0 Å². The lowest BCUT2D eigenvalue weighted by Crippen LogP contribution is -1.74. The fourth-order valence-corrected chi connectivity index (χ4v) is 1.58. The lowest BCUT2D eigenvalue weighted by atomic mass is 10.6. The van der Waals surface area contributed by atoms with Crippen molar-refractivity contribution < 1.29 is 0 Å². The topological polar surface area (TPSA) is 38.7 Å². The number of hydrogen-bond acceptors (Lipinski definition) is 4. The summed E-state index contributed by atoms with van der Waals surface area (Å²) in [5, 5.41) is 0. The minimum absolute atomic E-state index is 0.510. The van der Waals surface area contributed by atoms with E-state index in [-0.39, 0.29) is 0 Å². The Hall–Kier alpha value is -0.740. The van der Waals surface area contributed by atoms with Crippen LogP contribution < -0.4 is 0 Å². The number of hydrogen-bond donors (Lipinski definition) is 0. The van der Waals surface area contributed by atoms with Gasteiger partial charge in [-0.2, -0.15) is 0 Å². The van der Waals surface area contributed by atoms with Crippen molar-refractivity contribution in [3.63, 3.8) is 0 Å². The maximum Gasteiger partial charge on any atom is 0.186 e. The van der Waals surface area contributed by atoms with Gasteiger partial charge in [0, 0.05) is 0 Å². The summed E-state index contributed by atoms with van der Waals surface area (Å²) < 4.78 is 0.510. The molecule has 2 rings (SSSR count). The molecule has 0 aliphatic carbocycles. The second-order valence-electron chi connectivity index (χ2n) is 1.68. The number of fused-ring (bicyclic) bond motifs is 1. The highest BCUT2D eigenvalue weighted by Crippen LogP contribution is 2.21. The van der Waals surface area contributed by atoms with Gasteiger partial charge in [-0.3, -0.25) is 0 Å². The van der Waals surface area contributed by atoms with Crippen LogP contribution in [-0.2, 0) is 0 Å². The van der Waals surface area contributed by atoms with Gasteiger partial charge >= 0.3 is 0 Å². The van der Waals surface area contributed by atoms with E-state index < -0.39 is 0 Å². The van der Waals surface area contributed by atoms with Crippen LogP contribution in [0.1, 0.15) is 0 Å². The molecule has 0 saturated heterocycles. The molecular weight excluding hydrogens is 170 g/mol. The predicted molar refractivity (Wildman–Crippen MR) is 40.2 cm³/mol. The Kier molecular flexibility index (Phi) is 1.28.